The number of rotatable bonds is 7. The molecule has 0 spiro atoms. The highest BCUT2D eigenvalue weighted by Gasteiger charge is 2.21. The van der Waals surface area contributed by atoms with Gasteiger partial charge in [-0.05, 0) is 12.8 Å². The van der Waals surface area contributed by atoms with Crippen LogP contribution in [0.15, 0.2) is 0 Å². The van der Waals surface area contributed by atoms with Crippen molar-refractivity contribution in [2.45, 2.75) is 26.7 Å². The Morgan fingerprint density at radius 3 is 2.50 bits per heavy atom. The summed E-state index contributed by atoms with van der Waals surface area (Å²) in [6, 6.07) is 0. The zero-order valence-electron chi connectivity index (χ0n) is 12.0. The third kappa shape index (κ3) is 3.96. The number of anilines is 1. The number of aromatic nitrogens is 2. The lowest BCUT2D eigenvalue weighted by Crippen LogP contribution is -2.19. The molecule has 1 aromatic rings. The Labute approximate surface area is 119 Å². The number of nitrogen functional groups attached to an aromatic ring is 1. The average molecular weight is 303 g/mol. The molecule has 0 saturated carbocycles. The number of esters is 1. The van der Waals surface area contributed by atoms with Crippen LogP contribution in [0.5, 0.6) is 0 Å². The number of nitrogens with two attached hydrogens (primary N) is 1. The van der Waals surface area contributed by atoms with E-state index in [9.17, 15) is 13.2 Å². The maximum Gasteiger partial charge on any atom is 0.358 e. The highest BCUT2D eigenvalue weighted by molar-refractivity contribution is 7.91. The number of hydrogen-bond acceptors (Lipinski definition) is 6. The third-order valence-corrected chi connectivity index (χ3v) is 4.65. The van der Waals surface area contributed by atoms with E-state index in [1.165, 1.54) is 4.68 Å². The van der Waals surface area contributed by atoms with Crippen LogP contribution in [0.4, 0.5) is 5.69 Å². The summed E-state index contributed by atoms with van der Waals surface area (Å²) in [6.45, 7) is 3.49. The van der Waals surface area contributed by atoms with Crippen molar-refractivity contribution in [1.29, 1.82) is 0 Å². The Morgan fingerprint density at radius 2 is 2.00 bits per heavy atom. The number of aryl methyl sites for hydroxylation is 2. The molecule has 8 heteroatoms. The Balaban J connectivity index is 2.67. The number of hydrogen-bond donors (Lipinski definition) is 1. The highest BCUT2D eigenvalue weighted by Crippen LogP contribution is 2.17. The van der Waals surface area contributed by atoms with Gasteiger partial charge < -0.3 is 10.5 Å². The lowest BCUT2D eigenvalue weighted by molar-refractivity contribution is 0.0518. The van der Waals surface area contributed by atoms with E-state index in [2.05, 4.69) is 5.10 Å². The molecular formula is C12H21N3O4S. The first kappa shape index (κ1) is 16.5. The molecule has 7 nitrogen and oxygen atoms in total. The Hall–Kier alpha value is -1.57. The quantitative estimate of drug-likeness (QED) is 0.737. The predicted octanol–water partition coefficient (Wildman–Crippen LogP) is 0.546. The summed E-state index contributed by atoms with van der Waals surface area (Å²) in [5, 5.41) is 4.11. The van der Waals surface area contributed by atoms with Gasteiger partial charge in [0.25, 0.3) is 0 Å². The molecular weight excluding hydrogens is 282 g/mol. The molecule has 0 unspecified atom stereocenters. The van der Waals surface area contributed by atoms with Gasteiger partial charge in [-0.3, -0.25) is 4.68 Å². The van der Waals surface area contributed by atoms with E-state index < -0.39 is 15.8 Å². The highest BCUT2D eigenvalue weighted by atomic mass is 32.2. The standard InChI is InChI=1S/C12H21N3O4S/c1-4-7-20(17,18)8-6-19-12(16)11-10(13)9(5-2)14-15(11)3/h4-8,13H2,1-3H3. The van der Waals surface area contributed by atoms with Crippen molar-refractivity contribution in [1.82, 2.24) is 9.78 Å². The minimum absolute atomic E-state index is 0.0956. The van der Waals surface area contributed by atoms with E-state index in [0.29, 0.717) is 18.5 Å². The summed E-state index contributed by atoms with van der Waals surface area (Å²) in [6.07, 6.45) is 1.16. The second kappa shape index (κ2) is 6.74. The van der Waals surface area contributed by atoms with Crippen molar-refractivity contribution in [2.75, 3.05) is 23.8 Å². The summed E-state index contributed by atoms with van der Waals surface area (Å²) in [4.78, 5) is 11.9. The number of carbonyl (C=O) groups excluding carboxylic acids is 1. The lowest BCUT2D eigenvalue weighted by Gasteiger charge is -2.06. The fourth-order valence-electron chi connectivity index (χ4n) is 1.84. The zero-order valence-corrected chi connectivity index (χ0v) is 12.9. The van der Waals surface area contributed by atoms with E-state index in [0.717, 1.165) is 0 Å². The Morgan fingerprint density at radius 1 is 1.35 bits per heavy atom. The van der Waals surface area contributed by atoms with Crippen molar-refractivity contribution >= 4 is 21.5 Å². The number of nitrogens with zero attached hydrogens (tertiary/aromatic N) is 2. The summed E-state index contributed by atoms with van der Waals surface area (Å²) in [7, 11) is -1.56. The zero-order chi connectivity index (χ0) is 15.3. The van der Waals surface area contributed by atoms with Gasteiger partial charge in [0, 0.05) is 7.05 Å². The topological polar surface area (TPSA) is 104 Å². The van der Waals surface area contributed by atoms with Crippen molar-refractivity contribution in [3.8, 4) is 0 Å². The van der Waals surface area contributed by atoms with E-state index in [-0.39, 0.29) is 29.5 Å². The summed E-state index contributed by atoms with van der Waals surface area (Å²) < 4.78 is 29.3. The summed E-state index contributed by atoms with van der Waals surface area (Å²) in [5.41, 5.74) is 6.89. The molecule has 20 heavy (non-hydrogen) atoms. The van der Waals surface area contributed by atoms with Crippen molar-refractivity contribution in [3.63, 3.8) is 0 Å². The molecule has 2 N–H and O–H groups in total. The second-order valence-electron chi connectivity index (χ2n) is 4.47. The van der Waals surface area contributed by atoms with Gasteiger partial charge in [-0.15, -0.1) is 0 Å². The molecule has 0 aliphatic heterocycles. The van der Waals surface area contributed by atoms with Crippen LogP contribution in [0.3, 0.4) is 0 Å². The smallest absolute Gasteiger partial charge is 0.358 e. The molecule has 0 bridgehead atoms. The first-order valence-corrected chi connectivity index (χ1v) is 8.33. The van der Waals surface area contributed by atoms with Crippen LogP contribution in [0.25, 0.3) is 0 Å². The molecule has 0 aliphatic rings. The molecule has 1 rings (SSSR count). The van der Waals surface area contributed by atoms with Crippen LogP contribution in [0, 0.1) is 0 Å². The van der Waals surface area contributed by atoms with E-state index in [4.69, 9.17) is 10.5 Å². The van der Waals surface area contributed by atoms with Gasteiger partial charge in [0.1, 0.15) is 6.61 Å². The molecule has 0 saturated heterocycles. The second-order valence-corrected chi connectivity index (χ2v) is 6.78. The van der Waals surface area contributed by atoms with Crippen LogP contribution < -0.4 is 5.73 Å². The minimum Gasteiger partial charge on any atom is -0.460 e. The molecule has 0 aliphatic carbocycles. The summed E-state index contributed by atoms with van der Waals surface area (Å²) >= 11 is 0. The number of sulfone groups is 1. The Kier molecular flexibility index (Phi) is 5.55. The van der Waals surface area contributed by atoms with Crippen molar-refractivity contribution in [3.05, 3.63) is 11.4 Å². The molecule has 1 heterocycles. The van der Waals surface area contributed by atoms with Crippen LogP contribution >= 0.6 is 0 Å². The van der Waals surface area contributed by atoms with E-state index in [1.807, 2.05) is 6.92 Å². The van der Waals surface area contributed by atoms with Gasteiger partial charge in [0.05, 0.1) is 22.9 Å². The molecule has 0 radical (unpaired) electrons. The van der Waals surface area contributed by atoms with Gasteiger partial charge >= 0.3 is 5.97 Å². The normalized spacial score (nSPS) is 11.6. The Bertz CT molecular complexity index is 578. The van der Waals surface area contributed by atoms with Crippen LogP contribution in [0.2, 0.25) is 0 Å². The van der Waals surface area contributed by atoms with Crippen LogP contribution in [-0.4, -0.2) is 42.3 Å². The predicted molar refractivity (Wildman–Crippen MR) is 76.2 cm³/mol. The molecule has 0 amide bonds. The lowest BCUT2D eigenvalue weighted by atomic mass is 10.2. The van der Waals surface area contributed by atoms with Gasteiger partial charge in [-0.2, -0.15) is 5.10 Å². The monoisotopic (exact) mass is 303 g/mol. The van der Waals surface area contributed by atoms with Crippen LogP contribution in [0.1, 0.15) is 36.5 Å². The van der Waals surface area contributed by atoms with Gasteiger partial charge in [0.2, 0.25) is 0 Å². The van der Waals surface area contributed by atoms with Gasteiger partial charge in [-0.25, -0.2) is 13.2 Å². The number of carbonyl (C=O) groups is 1. The first-order valence-electron chi connectivity index (χ1n) is 6.51. The fraction of sp³-hybridized carbons (Fsp3) is 0.667. The van der Waals surface area contributed by atoms with Gasteiger partial charge in [0.15, 0.2) is 15.5 Å². The molecule has 0 fully saturated rings. The SMILES string of the molecule is CCCS(=O)(=O)CCOC(=O)c1c(N)c(CC)nn1C. The fourth-order valence-corrected chi connectivity index (χ4v) is 3.01. The first-order chi connectivity index (χ1) is 9.32. The third-order valence-electron chi connectivity index (χ3n) is 2.83. The maximum atomic E-state index is 11.9. The van der Waals surface area contributed by atoms with Gasteiger partial charge in [-0.1, -0.05) is 13.8 Å². The maximum absolute atomic E-state index is 11.9. The molecule has 0 aromatic carbocycles. The van der Waals surface area contributed by atoms with E-state index >= 15 is 0 Å². The minimum atomic E-state index is -3.16. The molecule has 114 valence electrons. The van der Waals surface area contributed by atoms with Crippen molar-refractivity contribution < 1.29 is 17.9 Å². The molecule has 0 atom stereocenters. The van der Waals surface area contributed by atoms with Crippen LogP contribution in [-0.2, 0) is 28.0 Å². The van der Waals surface area contributed by atoms with E-state index in [1.54, 1.807) is 14.0 Å². The largest absolute Gasteiger partial charge is 0.460 e. The summed E-state index contributed by atoms with van der Waals surface area (Å²) in [5.74, 6) is -0.729. The average Bonchev–Trinajstić information content (AvgIpc) is 2.63. The number of ether oxygens (including phenoxy) is 1. The molecule has 1 aromatic heterocycles. The van der Waals surface area contributed by atoms with Crippen molar-refractivity contribution in [2.24, 2.45) is 7.05 Å².